The summed E-state index contributed by atoms with van der Waals surface area (Å²) in [5, 5.41) is 0.433. The predicted octanol–water partition coefficient (Wildman–Crippen LogP) is 4.84. The molecule has 1 aliphatic heterocycles. The van der Waals surface area contributed by atoms with Crippen LogP contribution in [-0.4, -0.2) is 12.6 Å². The fraction of sp³-hybridized carbons (Fsp3) is 0.571. The van der Waals surface area contributed by atoms with Gasteiger partial charge in [0.1, 0.15) is 0 Å². The Balaban J connectivity index is 2.45. The molecule has 0 amide bonds. The Morgan fingerprint density at radius 2 is 2.00 bits per heavy atom. The summed E-state index contributed by atoms with van der Waals surface area (Å²) in [6.07, 6.45) is -3.36. The van der Waals surface area contributed by atoms with Gasteiger partial charge in [0.15, 0.2) is 0 Å². The van der Waals surface area contributed by atoms with E-state index in [1.807, 2.05) is 11.8 Å². The molecule has 2 rings (SSSR count). The van der Waals surface area contributed by atoms with Gasteiger partial charge in [-0.2, -0.15) is 13.2 Å². The summed E-state index contributed by atoms with van der Waals surface area (Å²) in [6, 6.07) is 4.77. The SMILES string of the molecule is CC1CC(C)N(c2ccc(CBr)cc2C(F)(F)F)C1. The molecule has 0 N–H and O–H groups in total. The van der Waals surface area contributed by atoms with Crippen LogP contribution in [0.3, 0.4) is 0 Å². The zero-order valence-corrected chi connectivity index (χ0v) is 12.6. The Morgan fingerprint density at radius 1 is 1.32 bits per heavy atom. The second-order valence-corrected chi connectivity index (χ2v) is 5.89. The highest BCUT2D eigenvalue weighted by molar-refractivity contribution is 9.08. The molecule has 0 radical (unpaired) electrons. The molecule has 0 spiro atoms. The molecule has 106 valence electrons. The zero-order chi connectivity index (χ0) is 14.2. The Labute approximate surface area is 119 Å². The molecule has 1 aromatic carbocycles. The third kappa shape index (κ3) is 3.07. The molecule has 1 heterocycles. The lowest BCUT2D eigenvalue weighted by Gasteiger charge is -2.27. The van der Waals surface area contributed by atoms with Gasteiger partial charge in [0, 0.05) is 23.6 Å². The van der Waals surface area contributed by atoms with Crippen molar-refractivity contribution in [2.75, 3.05) is 11.4 Å². The maximum absolute atomic E-state index is 13.2. The fourth-order valence-electron chi connectivity index (χ4n) is 2.78. The summed E-state index contributed by atoms with van der Waals surface area (Å²) < 4.78 is 39.6. The van der Waals surface area contributed by atoms with Gasteiger partial charge in [-0.3, -0.25) is 0 Å². The molecular formula is C14H17BrF3N. The molecule has 1 fully saturated rings. The van der Waals surface area contributed by atoms with Gasteiger partial charge in [0.05, 0.1) is 5.56 Å². The summed E-state index contributed by atoms with van der Waals surface area (Å²) >= 11 is 3.21. The van der Waals surface area contributed by atoms with Crippen molar-refractivity contribution in [2.24, 2.45) is 5.92 Å². The lowest BCUT2D eigenvalue weighted by Crippen LogP contribution is -2.29. The number of benzene rings is 1. The third-order valence-electron chi connectivity index (χ3n) is 3.61. The van der Waals surface area contributed by atoms with Crippen LogP contribution in [0.1, 0.15) is 31.4 Å². The van der Waals surface area contributed by atoms with Crippen molar-refractivity contribution in [3.05, 3.63) is 29.3 Å². The first kappa shape index (κ1) is 14.7. The molecule has 0 aromatic heterocycles. The molecular weight excluding hydrogens is 319 g/mol. The van der Waals surface area contributed by atoms with Crippen molar-refractivity contribution in [3.63, 3.8) is 0 Å². The van der Waals surface area contributed by atoms with Crippen molar-refractivity contribution in [1.82, 2.24) is 0 Å². The number of rotatable bonds is 2. The van der Waals surface area contributed by atoms with Crippen LogP contribution in [0.5, 0.6) is 0 Å². The van der Waals surface area contributed by atoms with Gasteiger partial charge >= 0.3 is 6.18 Å². The highest BCUT2D eigenvalue weighted by atomic mass is 79.9. The summed E-state index contributed by atoms with van der Waals surface area (Å²) in [5.74, 6) is 0.437. The van der Waals surface area contributed by atoms with Gasteiger partial charge in [-0.25, -0.2) is 0 Å². The Kier molecular flexibility index (Phi) is 4.14. The van der Waals surface area contributed by atoms with Crippen LogP contribution >= 0.6 is 15.9 Å². The van der Waals surface area contributed by atoms with E-state index in [0.29, 0.717) is 29.0 Å². The Bertz CT molecular complexity index is 458. The molecule has 2 atom stereocenters. The van der Waals surface area contributed by atoms with Crippen molar-refractivity contribution in [2.45, 2.75) is 37.8 Å². The van der Waals surface area contributed by atoms with E-state index in [1.165, 1.54) is 6.07 Å². The maximum Gasteiger partial charge on any atom is 0.418 e. The summed E-state index contributed by atoms with van der Waals surface area (Å²) in [5.41, 5.74) is 0.440. The minimum atomic E-state index is -4.31. The van der Waals surface area contributed by atoms with Crippen LogP contribution < -0.4 is 4.90 Å². The largest absolute Gasteiger partial charge is 0.418 e. The lowest BCUT2D eigenvalue weighted by atomic mass is 10.1. The van der Waals surface area contributed by atoms with Crippen molar-refractivity contribution in [1.29, 1.82) is 0 Å². The van der Waals surface area contributed by atoms with E-state index in [2.05, 4.69) is 22.9 Å². The van der Waals surface area contributed by atoms with Crippen molar-refractivity contribution in [3.8, 4) is 0 Å². The number of halogens is 4. The fourth-order valence-corrected chi connectivity index (χ4v) is 3.13. The van der Waals surface area contributed by atoms with E-state index in [0.717, 1.165) is 6.42 Å². The van der Waals surface area contributed by atoms with E-state index in [1.54, 1.807) is 12.1 Å². The van der Waals surface area contributed by atoms with Gasteiger partial charge in [-0.15, -0.1) is 0 Å². The van der Waals surface area contributed by atoms with Gasteiger partial charge in [0.2, 0.25) is 0 Å². The number of alkyl halides is 4. The van der Waals surface area contributed by atoms with E-state index >= 15 is 0 Å². The molecule has 2 unspecified atom stereocenters. The van der Waals surface area contributed by atoms with Gasteiger partial charge in [0.25, 0.3) is 0 Å². The van der Waals surface area contributed by atoms with Crippen LogP contribution in [0.25, 0.3) is 0 Å². The normalized spacial score (nSPS) is 24.0. The van der Waals surface area contributed by atoms with Crippen molar-refractivity contribution < 1.29 is 13.2 Å². The molecule has 1 nitrogen and oxygen atoms in total. The maximum atomic E-state index is 13.2. The summed E-state index contributed by atoms with van der Waals surface area (Å²) in [4.78, 5) is 1.88. The van der Waals surface area contributed by atoms with E-state index in [4.69, 9.17) is 0 Å². The smallest absolute Gasteiger partial charge is 0.368 e. The second-order valence-electron chi connectivity index (χ2n) is 5.33. The predicted molar refractivity (Wildman–Crippen MR) is 74.7 cm³/mol. The first-order valence-electron chi connectivity index (χ1n) is 6.35. The number of hydrogen-bond donors (Lipinski definition) is 0. The molecule has 1 saturated heterocycles. The molecule has 1 aromatic rings. The molecule has 0 bridgehead atoms. The van der Waals surface area contributed by atoms with Crippen LogP contribution in [0.15, 0.2) is 18.2 Å². The van der Waals surface area contributed by atoms with Gasteiger partial charge < -0.3 is 4.90 Å². The molecule has 5 heteroatoms. The minimum Gasteiger partial charge on any atom is -0.368 e. The number of nitrogens with zero attached hydrogens (tertiary/aromatic N) is 1. The monoisotopic (exact) mass is 335 g/mol. The van der Waals surface area contributed by atoms with Gasteiger partial charge in [-0.05, 0) is 37.0 Å². The molecule has 1 aliphatic rings. The first-order valence-corrected chi connectivity index (χ1v) is 7.47. The van der Waals surface area contributed by atoms with Crippen LogP contribution in [0.2, 0.25) is 0 Å². The highest BCUT2D eigenvalue weighted by Gasteiger charge is 2.37. The first-order chi connectivity index (χ1) is 8.82. The van der Waals surface area contributed by atoms with E-state index in [9.17, 15) is 13.2 Å². The van der Waals surface area contributed by atoms with E-state index < -0.39 is 11.7 Å². The quantitative estimate of drug-likeness (QED) is 0.699. The lowest BCUT2D eigenvalue weighted by molar-refractivity contribution is -0.137. The van der Waals surface area contributed by atoms with Crippen LogP contribution in [-0.2, 0) is 11.5 Å². The summed E-state index contributed by atoms with van der Waals surface area (Å²) in [7, 11) is 0. The van der Waals surface area contributed by atoms with Crippen LogP contribution in [0.4, 0.5) is 18.9 Å². The minimum absolute atomic E-state index is 0.158. The second kappa shape index (κ2) is 5.35. The van der Waals surface area contributed by atoms with Crippen molar-refractivity contribution >= 4 is 21.6 Å². The number of anilines is 1. The van der Waals surface area contributed by atoms with E-state index in [-0.39, 0.29) is 6.04 Å². The average molecular weight is 336 g/mol. The number of hydrogen-bond acceptors (Lipinski definition) is 1. The third-order valence-corrected chi connectivity index (χ3v) is 4.26. The standard InChI is InChI=1S/C14H17BrF3N/c1-9-5-10(2)19(8-9)13-4-3-11(7-15)6-12(13)14(16,17)18/h3-4,6,9-10H,5,7-8H2,1-2H3. The topological polar surface area (TPSA) is 3.24 Å². The van der Waals surface area contributed by atoms with Gasteiger partial charge in [-0.1, -0.05) is 28.9 Å². The van der Waals surface area contributed by atoms with Crippen LogP contribution in [0, 0.1) is 5.92 Å². The molecule has 0 aliphatic carbocycles. The highest BCUT2D eigenvalue weighted by Crippen LogP contribution is 2.40. The Hall–Kier alpha value is -0.710. The molecule has 19 heavy (non-hydrogen) atoms. The molecule has 0 saturated carbocycles. The zero-order valence-electron chi connectivity index (χ0n) is 11.0. The summed E-state index contributed by atoms with van der Waals surface area (Å²) in [6.45, 7) is 4.76. The Morgan fingerprint density at radius 3 is 2.47 bits per heavy atom. The average Bonchev–Trinajstić information content (AvgIpc) is 2.66.